The Morgan fingerprint density at radius 2 is 2.21 bits per heavy atom. The zero-order valence-corrected chi connectivity index (χ0v) is 17.7. The van der Waals surface area contributed by atoms with Crippen LogP contribution < -0.4 is 10.6 Å². The first kappa shape index (κ1) is 21.0. The number of carbonyl (C=O) groups excluding carboxylic acids is 2. The molecule has 2 saturated heterocycles. The van der Waals surface area contributed by atoms with Crippen molar-refractivity contribution in [1.82, 2.24) is 13.6 Å². The molecule has 0 saturated carbocycles. The highest BCUT2D eigenvalue weighted by molar-refractivity contribution is 7.86. The van der Waals surface area contributed by atoms with E-state index in [0.717, 1.165) is 0 Å². The number of nitrogens with zero attached hydrogens (tertiary/aromatic N) is 4. The monoisotopic (exact) mass is 431 g/mol. The van der Waals surface area contributed by atoms with Crippen molar-refractivity contribution in [3.05, 3.63) is 11.1 Å². The maximum atomic E-state index is 13.0. The molecule has 156 valence electrons. The Morgan fingerprint density at radius 1 is 1.50 bits per heavy atom. The van der Waals surface area contributed by atoms with E-state index >= 15 is 0 Å². The number of hydrogen-bond acceptors (Lipinski definition) is 7. The van der Waals surface area contributed by atoms with Gasteiger partial charge in [0.05, 0.1) is 22.9 Å². The predicted octanol–water partition coefficient (Wildman–Crippen LogP) is 0.751. The molecule has 10 nitrogen and oxygen atoms in total. The quantitative estimate of drug-likeness (QED) is 0.679. The lowest BCUT2D eigenvalue weighted by atomic mass is 10.0. The molecule has 2 fully saturated rings. The van der Waals surface area contributed by atoms with E-state index in [1.54, 1.807) is 18.9 Å². The number of primary amides is 1. The predicted molar refractivity (Wildman–Crippen MR) is 104 cm³/mol. The van der Waals surface area contributed by atoms with Crippen molar-refractivity contribution in [3.8, 4) is 0 Å². The first-order chi connectivity index (χ1) is 13.2. The van der Waals surface area contributed by atoms with Gasteiger partial charge in [0.25, 0.3) is 10.2 Å². The molecule has 3 atom stereocenters. The molecule has 0 bridgehead atoms. The van der Waals surface area contributed by atoms with E-state index in [9.17, 15) is 18.0 Å². The molecule has 1 aromatic rings. The third kappa shape index (κ3) is 3.61. The number of nitrogens with two attached hydrogens (primary N) is 1. The molecular weight excluding hydrogens is 406 g/mol. The van der Waals surface area contributed by atoms with Gasteiger partial charge >= 0.3 is 6.09 Å². The van der Waals surface area contributed by atoms with Crippen molar-refractivity contribution in [1.29, 1.82) is 0 Å². The lowest BCUT2D eigenvalue weighted by Crippen LogP contribution is -2.48. The van der Waals surface area contributed by atoms with Crippen molar-refractivity contribution in [3.63, 3.8) is 0 Å². The largest absolute Gasteiger partial charge is 0.444 e. The van der Waals surface area contributed by atoms with E-state index in [1.165, 1.54) is 26.1 Å². The zero-order valence-electron chi connectivity index (χ0n) is 16.1. The summed E-state index contributed by atoms with van der Waals surface area (Å²) in [7, 11) is -2.06. The van der Waals surface area contributed by atoms with Gasteiger partial charge in [-0.1, -0.05) is 25.2 Å². The highest BCUT2D eigenvalue weighted by Gasteiger charge is 2.56. The minimum absolute atomic E-state index is 0.0129. The number of amides is 2. The molecule has 0 unspecified atom stereocenters. The van der Waals surface area contributed by atoms with Crippen LogP contribution >= 0.6 is 11.3 Å². The van der Waals surface area contributed by atoms with Gasteiger partial charge in [-0.05, 0) is 12.8 Å². The van der Waals surface area contributed by atoms with Crippen LogP contribution in [0.3, 0.4) is 0 Å². The third-order valence-electron chi connectivity index (χ3n) is 5.18. The summed E-state index contributed by atoms with van der Waals surface area (Å²) in [5.74, 6) is -0.615. The number of fused-ring (bicyclic) bond motifs is 1. The first-order valence-corrected chi connectivity index (χ1v) is 11.3. The lowest BCUT2D eigenvalue weighted by Gasteiger charge is -2.29. The third-order valence-corrected chi connectivity index (χ3v) is 8.13. The van der Waals surface area contributed by atoms with E-state index < -0.39 is 28.3 Å². The van der Waals surface area contributed by atoms with Gasteiger partial charge in [-0.2, -0.15) is 17.0 Å². The molecule has 0 aromatic carbocycles. The van der Waals surface area contributed by atoms with Gasteiger partial charge in [-0.15, -0.1) is 0 Å². The smallest absolute Gasteiger partial charge is 0.404 e. The normalized spacial score (nSPS) is 25.5. The Morgan fingerprint density at radius 3 is 2.86 bits per heavy atom. The molecule has 28 heavy (non-hydrogen) atoms. The van der Waals surface area contributed by atoms with Crippen LogP contribution in [0.4, 0.5) is 9.93 Å². The summed E-state index contributed by atoms with van der Waals surface area (Å²) in [5, 5.41) is 0.480. The zero-order chi connectivity index (χ0) is 20.6. The number of rotatable bonds is 7. The summed E-state index contributed by atoms with van der Waals surface area (Å²) in [6, 6.07) is -0.686. The minimum atomic E-state index is -3.63. The van der Waals surface area contributed by atoms with Crippen molar-refractivity contribution < 1.29 is 22.7 Å². The average Bonchev–Trinajstić information content (AvgIpc) is 3.32. The van der Waals surface area contributed by atoms with Crippen LogP contribution in [0.15, 0.2) is 6.20 Å². The van der Waals surface area contributed by atoms with E-state index in [2.05, 4.69) is 4.98 Å². The molecule has 1 aromatic heterocycles. The van der Waals surface area contributed by atoms with Crippen LogP contribution in [0.5, 0.6) is 0 Å². The van der Waals surface area contributed by atoms with Crippen molar-refractivity contribution in [2.75, 3.05) is 25.0 Å². The highest BCUT2D eigenvalue weighted by atomic mass is 32.2. The molecule has 0 aliphatic carbocycles. The van der Waals surface area contributed by atoms with Crippen LogP contribution in [0.1, 0.15) is 31.6 Å². The van der Waals surface area contributed by atoms with Gasteiger partial charge in [0.2, 0.25) is 5.91 Å². The number of thiazole rings is 1. The number of ether oxygens (including phenoxy) is 1. The topological polar surface area (TPSA) is 126 Å². The second kappa shape index (κ2) is 7.93. The van der Waals surface area contributed by atoms with Gasteiger partial charge in [0.15, 0.2) is 5.13 Å². The fourth-order valence-corrected chi connectivity index (χ4v) is 6.52. The van der Waals surface area contributed by atoms with Gasteiger partial charge < -0.3 is 10.5 Å². The summed E-state index contributed by atoms with van der Waals surface area (Å²) in [6.07, 6.45) is 1.92. The molecule has 0 spiro atoms. The molecule has 0 radical (unpaired) electrons. The maximum Gasteiger partial charge on any atom is 0.404 e. The average molecular weight is 432 g/mol. The standard InChI is InChI=1S/C16H25N5O5S2/c1-4-6-19(3)28(24,25)20-7-5-12-13(20)10(2)14(22)21(12)16-18-8-11(27-16)9-26-15(17)23/h8,10,12-13H,4-7,9H2,1-3H3,(H2,17,23)/t10-,12-,13+/m0/s1. The Kier molecular flexibility index (Phi) is 5.94. The highest BCUT2D eigenvalue weighted by Crippen LogP contribution is 2.42. The van der Waals surface area contributed by atoms with E-state index in [-0.39, 0.29) is 18.6 Å². The Bertz CT molecular complexity index is 857. The summed E-state index contributed by atoms with van der Waals surface area (Å²) in [6.45, 7) is 4.46. The second-order valence-corrected chi connectivity index (χ2v) is 10.1. The molecular formula is C16H25N5O5S2. The Balaban J connectivity index is 1.83. The van der Waals surface area contributed by atoms with Crippen LogP contribution in [-0.4, -0.2) is 66.2 Å². The number of carbonyl (C=O) groups is 2. The van der Waals surface area contributed by atoms with Crippen LogP contribution in [-0.2, 0) is 26.3 Å². The lowest BCUT2D eigenvalue weighted by molar-refractivity contribution is -0.120. The summed E-state index contributed by atoms with van der Waals surface area (Å²) in [4.78, 5) is 30.2. The van der Waals surface area contributed by atoms with Crippen molar-refractivity contribution in [2.45, 2.75) is 45.4 Å². The van der Waals surface area contributed by atoms with Crippen LogP contribution in [0.25, 0.3) is 0 Å². The van der Waals surface area contributed by atoms with Crippen LogP contribution in [0.2, 0.25) is 0 Å². The van der Waals surface area contributed by atoms with Gasteiger partial charge in [0.1, 0.15) is 6.61 Å². The number of hydrogen-bond donors (Lipinski definition) is 1. The van der Waals surface area contributed by atoms with E-state index in [1.807, 2.05) is 6.92 Å². The summed E-state index contributed by atoms with van der Waals surface area (Å²) in [5.41, 5.74) is 4.97. The van der Waals surface area contributed by atoms with E-state index in [4.69, 9.17) is 10.5 Å². The first-order valence-electron chi connectivity index (χ1n) is 9.11. The molecule has 3 heterocycles. The molecule has 2 aliphatic rings. The summed E-state index contributed by atoms with van der Waals surface area (Å²) < 4.78 is 33.5. The van der Waals surface area contributed by atoms with Gasteiger partial charge in [-0.25, -0.2) is 9.78 Å². The molecule has 2 aliphatic heterocycles. The molecule has 12 heteroatoms. The molecule has 3 rings (SSSR count). The maximum absolute atomic E-state index is 13.0. The molecule has 2 N–H and O–H groups in total. The van der Waals surface area contributed by atoms with E-state index in [0.29, 0.717) is 35.9 Å². The second-order valence-electron chi connectivity index (χ2n) is 7.00. The van der Waals surface area contributed by atoms with Gasteiger partial charge in [-0.3, -0.25) is 9.69 Å². The summed E-state index contributed by atoms with van der Waals surface area (Å²) >= 11 is 1.23. The SMILES string of the molecule is CCCN(C)S(=O)(=O)N1CC[C@H]2[C@H]1[C@H](C)C(=O)N2c1ncc(COC(N)=O)s1. The molecule has 2 amide bonds. The Labute approximate surface area is 168 Å². The van der Waals surface area contributed by atoms with Gasteiger partial charge in [0, 0.05) is 26.3 Å². The van der Waals surface area contributed by atoms with Crippen molar-refractivity contribution >= 4 is 38.7 Å². The fourth-order valence-electron chi connectivity index (χ4n) is 3.90. The minimum Gasteiger partial charge on any atom is -0.444 e. The van der Waals surface area contributed by atoms with Crippen molar-refractivity contribution in [2.24, 2.45) is 11.7 Å². The Hall–Kier alpha value is -1.76. The van der Waals surface area contributed by atoms with Crippen LogP contribution in [0, 0.1) is 5.92 Å². The fraction of sp³-hybridized carbons (Fsp3) is 0.688. The number of anilines is 1. The number of aromatic nitrogens is 1.